The summed E-state index contributed by atoms with van der Waals surface area (Å²) in [5.41, 5.74) is 0.296. The highest BCUT2D eigenvalue weighted by molar-refractivity contribution is 6.06. The zero-order valence-electron chi connectivity index (χ0n) is 18.2. The highest BCUT2D eigenvalue weighted by Gasteiger charge is 2.26. The number of anilines is 4. The molecule has 2 aromatic rings. The zero-order valence-corrected chi connectivity index (χ0v) is 18.2. The predicted octanol–water partition coefficient (Wildman–Crippen LogP) is 0.351. The van der Waals surface area contributed by atoms with Gasteiger partial charge in [0.2, 0.25) is 35.5 Å². The van der Waals surface area contributed by atoms with Crippen LogP contribution in [-0.4, -0.2) is 71.8 Å². The molecule has 2 heterocycles. The van der Waals surface area contributed by atoms with Crippen molar-refractivity contribution in [2.24, 2.45) is 0 Å². The van der Waals surface area contributed by atoms with Gasteiger partial charge in [-0.05, 0) is 0 Å². The number of nitrogens with zero attached hydrogens (tertiary/aromatic N) is 8. The van der Waals surface area contributed by atoms with Gasteiger partial charge in [-0.1, -0.05) is 0 Å². The van der Waals surface area contributed by atoms with Gasteiger partial charge in [0.25, 0.3) is 0 Å². The van der Waals surface area contributed by atoms with E-state index in [9.17, 15) is 19.2 Å². The molecule has 0 spiro atoms. The average Bonchev–Trinajstić information content (AvgIpc) is 2.69. The van der Waals surface area contributed by atoms with Gasteiger partial charge in [0, 0.05) is 55.9 Å². The van der Waals surface area contributed by atoms with E-state index < -0.39 is 0 Å². The van der Waals surface area contributed by atoms with Gasteiger partial charge in [-0.3, -0.25) is 38.8 Å². The number of rotatable bonds is 4. The van der Waals surface area contributed by atoms with Gasteiger partial charge in [0.15, 0.2) is 11.6 Å². The van der Waals surface area contributed by atoms with Crippen molar-refractivity contribution in [2.75, 3.05) is 47.8 Å². The summed E-state index contributed by atoms with van der Waals surface area (Å²) in [6.45, 7) is 5.36. The fourth-order valence-corrected chi connectivity index (χ4v) is 2.31. The molecule has 0 bridgehead atoms. The zero-order chi connectivity index (χ0) is 22.9. The molecule has 4 amide bonds. The second kappa shape index (κ2) is 8.35. The number of amides is 4. The molecular weight excluding hydrogens is 392 g/mol. The lowest BCUT2D eigenvalue weighted by molar-refractivity contribution is -0.117. The van der Waals surface area contributed by atoms with Crippen LogP contribution in [0.15, 0.2) is 0 Å². The maximum absolute atomic E-state index is 12.1. The molecule has 12 heteroatoms. The van der Waals surface area contributed by atoms with E-state index in [1.807, 2.05) is 0 Å². The van der Waals surface area contributed by atoms with Crippen molar-refractivity contribution < 1.29 is 19.2 Å². The predicted molar refractivity (Wildman–Crippen MR) is 111 cm³/mol. The van der Waals surface area contributed by atoms with Gasteiger partial charge >= 0.3 is 0 Å². The van der Waals surface area contributed by atoms with Gasteiger partial charge < -0.3 is 0 Å². The molecule has 0 N–H and O–H groups in total. The molecule has 0 atom stereocenters. The summed E-state index contributed by atoms with van der Waals surface area (Å²) >= 11 is 0. The van der Waals surface area contributed by atoms with Crippen LogP contribution in [0, 0.1) is 0 Å². The van der Waals surface area contributed by atoms with E-state index in [4.69, 9.17) is 0 Å². The number of carbonyl (C=O) groups is 4. The molecule has 0 unspecified atom stereocenters. The molecule has 0 fully saturated rings. The highest BCUT2D eigenvalue weighted by Crippen LogP contribution is 2.31. The third-order valence-corrected chi connectivity index (χ3v) is 4.61. The number of carbonyl (C=O) groups excluding carboxylic acids is 4. The molecule has 30 heavy (non-hydrogen) atoms. The topological polar surface area (TPSA) is 133 Å². The van der Waals surface area contributed by atoms with Crippen LogP contribution in [0.25, 0.3) is 11.0 Å². The molecule has 0 aliphatic rings. The molecule has 0 aromatic carbocycles. The second-order valence-electron chi connectivity index (χ2n) is 6.70. The monoisotopic (exact) mass is 416 g/mol. The van der Waals surface area contributed by atoms with Crippen LogP contribution in [0.2, 0.25) is 0 Å². The third-order valence-electron chi connectivity index (χ3n) is 4.61. The van der Waals surface area contributed by atoms with Crippen LogP contribution < -0.4 is 19.6 Å². The Hall–Kier alpha value is -3.70. The van der Waals surface area contributed by atoms with Crippen molar-refractivity contribution in [1.29, 1.82) is 0 Å². The molecule has 0 radical (unpaired) electrons. The minimum Gasteiger partial charge on any atom is -0.298 e. The van der Waals surface area contributed by atoms with E-state index >= 15 is 0 Å². The van der Waals surface area contributed by atoms with E-state index in [1.165, 1.54) is 75.5 Å². The third kappa shape index (κ3) is 4.16. The minimum absolute atomic E-state index is 0.00701. The van der Waals surface area contributed by atoms with Gasteiger partial charge in [0.1, 0.15) is 11.0 Å². The Morgan fingerprint density at radius 1 is 0.500 bits per heavy atom. The summed E-state index contributed by atoms with van der Waals surface area (Å²) in [6, 6.07) is 0. The summed E-state index contributed by atoms with van der Waals surface area (Å²) in [5, 5.41) is 0. The molecule has 0 saturated carbocycles. The van der Waals surface area contributed by atoms with E-state index in [1.54, 1.807) is 0 Å². The number of hydrogen-bond donors (Lipinski definition) is 0. The number of fused-ring (bicyclic) bond motifs is 1. The minimum atomic E-state index is -0.340. The molecule has 2 rings (SSSR count). The number of hydrogen-bond acceptors (Lipinski definition) is 8. The van der Waals surface area contributed by atoms with E-state index in [2.05, 4.69) is 19.9 Å². The van der Waals surface area contributed by atoms with Crippen LogP contribution in [0.5, 0.6) is 0 Å². The molecule has 0 aliphatic heterocycles. The summed E-state index contributed by atoms with van der Waals surface area (Å²) in [5.74, 6) is -1.12. The van der Waals surface area contributed by atoms with E-state index in [0.29, 0.717) is 0 Å². The first-order valence-electron chi connectivity index (χ1n) is 8.93. The van der Waals surface area contributed by atoms with Gasteiger partial charge in [0.05, 0.1) is 0 Å². The van der Waals surface area contributed by atoms with Crippen LogP contribution >= 0.6 is 0 Å². The van der Waals surface area contributed by atoms with Crippen LogP contribution in [-0.2, 0) is 19.2 Å². The highest BCUT2D eigenvalue weighted by atomic mass is 16.2. The SMILES string of the molecule is CC(=O)N(C)c1nc(N(C)C(C)=O)c2nc(N(C)C(C)=O)nc(N(C)C(C)=O)c2n1. The van der Waals surface area contributed by atoms with Crippen molar-refractivity contribution >= 4 is 58.2 Å². The number of aromatic nitrogens is 4. The van der Waals surface area contributed by atoms with Crippen LogP contribution in [0.3, 0.4) is 0 Å². The fourth-order valence-electron chi connectivity index (χ4n) is 2.31. The normalized spacial score (nSPS) is 10.5. The Balaban J connectivity index is 3.02. The largest absolute Gasteiger partial charge is 0.298 e. The molecule has 160 valence electrons. The van der Waals surface area contributed by atoms with Gasteiger partial charge in [-0.2, -0.15) is 9.97 Å². The first-order valence-corrected chi connectivity index (χ1v) is 8.93. The molecule has 0 aliphatic carbocycles. The van der Waals surface area contributed by atoms with Crippen molar-refractivity contribution in [3.8, 4) is 0 Å². The van der Waals surface area contributed by atoms with Crippen molar-refractivity contribution in [1.82, 2.24) is 19.9 Å². The van der Waals surface area contributed by atoms with Crippen molar-refractivity contribution in [3.63, 3.8) is 0 Å². The Morgan fingerprint density at radius 2 is 0.767 bits per heavy atom. The molecule has 0 saturated heterocycles. The molecular formula is C18H24N8O4. The molecule has 12 nitrogen and oxygen atoms in total. The van der Waals surface area contributed by atoms with Gasteiger partial charge in [-0.25, -0.2) is 9.97 Å². The first kappa shape index (κ1) is 22.6. The maximum atomic E-state index is 12.1. The standard InChI is InChI=1S/C18H24N8O4/c1-9(27)23(5)15-13-14(20-17(21-15)25(7)11(3)29)16(24(6)10(2)28)22-18(19-13)26(8)12(4)30/h1-8H3. The lowest BCUT2D eigenvalue weighted by atomic mass is 10.3. The van der Waals surface area contributed by atoms with Crippen molar-refractivity contribution in [3.05, 3.63) is 0 Å². The Morgan fingerprint density at radius 3 is 1.00 bits per heavy atom. The first-order chi connectivity index (χ1) is 13.9. The maximum Gasteiger partial charge on any atom is 0.234 e. The Labute approximate surface area is 173 Å². The summed E-state index contributed by atoms with van der Waals surface area (Å²) in [7, 11) is 5.95. The Kier molecular flexibility index (Phi) is 6.29. The summed E-state index contributed by atoms with van der Waals surface area (Å²) in [6.07, 6.45) is 0. The lowest BCUT2D eigenvalue weighted by Gasteiger charge is -2.23. The second-order valence-corrected chi connectivity index (χ2v) is 6.70. The van der Waals surface area contributed by atoms with E-state index in [-0.39, 0.29) is 58.2 Å². The Bertz CT molecular complexity index is 971. The smallest absolute Gasteiger partial charge is 0.234 e. The van der Waals surface area contributed by atoms with E-state index in [0.717, 1.165) is 0 Å². The molecule has 2 aromatic heterocycles. The lowest BCUT2D eigenvalue weighted by Crippen LogP contribution is -2.31. The fraction of sp³-hybridized carbons (Fsp3) is 0.444. The quantitative estimate of drug-likeness (QED) is 0.697. The van der Waals surface area contributed by atoms with Gasteiger partial charge in [-0.15, -0.1) is 0 Å². The summed E-state index contributed by atoms with van der Waals surface area (Å²) in [4.78, 5) is 70.2. The summed E-state index contributed by atoms with van der Waals surface area (Å²) < 4.78 is 0. The van der Waals surface area contributed by atoms with Crippen molar-refractivity contribution in [2.45, 2.75) is 27.7 Å². The van der Waals surface area contributed by atoms with Crippen LogP contribution in [0.4, 0.5) is 23.5 Å². The van der Waals surface area contributed by atoms with Crippen LogP contribution in [0.1, 0.15) is 27.7 Å². The average molecular weight is 416 g/mol.